The number of nitrogens with one attached hydrogen (secondary N) is 1. The number of hydrogen-bond acceptors (Lipinski definition) is 5. The summed E-state index contributed by atoms with van der Waals surface area (Å²) in [6.45, 7) is 14.6. The maximum Gasteiger partial charge on any atom is 0.195 e. The number of allylic oxidation sites excluding steroid dienone is 1. The third-order valence-electron chi connectivity index (χ3n) is 4.48. The summed E-state index contributed by atoms with van der Waals surface area (Å²) < 4.78 is 18.7. The summed E-state index contributed by atoms with van der Waals surface area (Å²) in [4.78, 5) is 13.9. The highest BCUT2D eigenvalue weighted by Gasteiger charge is 2.32. The van der Waals surface area contributed by atoms with Crippen molar-refractivity contribution in [2.75, 3.05) is 19.0 Å². The molecule has 0 bridgehead atoms. The van der Waals surface area contributed by atoms with Gasteiger partial charge in [0, 0.05) is 24.6 Å². The quantitative estimate of drug-likeness (QED) is 0.401. The first-order chi connectivity index (χ1) is 13.6. The van der Waals surface area contributed by atoms with Crippen molar-refractivity contribution in [3.05, 3.63) is 29.6 Å². The highest BCUT2D eigenvalue weighted by atomic mass is 32.2. The van der Waals surface area contributed by atoms with E-state index in [0.29, 0.717) is 23.1 Å². The molecule has 1 aromatic heterocycles. The van der Waals surface area contributed by atoms with Crippen molar-refractivity contribution in [1.82, 2.24) is 9.97 Å². The van der Waals surface area contributed by atoms with Gasteiger partial charge in [-0.3, -0.25) is 4.99 Å². The Balaban J connectivity index is 2.64. The summed E-state index contributed by atoms with van der Waals surface area (Å²) in [5.74, 6) is 1.99. The fraction of sp³-hybridized carbons (Fsp3) is 0.500. The largest absolute Gasteiger partial charge is 0.611 e. The van der Waals surface area contributed by atoms with E-state index in [9.17, 15) is 4.55 Å². The number of aromatic nitrogens is 2. The topological polar surface area (TPSA) is 82.5 Å². The SMILES string of the molecule is CCCOc1cc2ncnc(N/C(=N/C)C(C)=C(C)C)c2cc1[S+]([O-])C(C)(C)C. The molecule has 1 N–H and O–H groups in total. The third-order valence-corrected chi connectivity index (χ3v) is 6.31. The summed E-state index contributed by atoms with van der Waals surface area (Å²) in [5, 5.41) is 4.11. The summed E-state index contributed by atoms with van der Waals surface area (Å²) in [5.41, 5.74) is 2.95. The van der Waals surface area contributed by atoms with Gasteiger partial charge in [0.1, 0.15) is 22.7 Å². The fourth-order valence-corrected chi connectivity index (χ4v) is 3.81. The lowest BCUT2D eigenvalue weighted by Crippen LogP contribution is -2.28. The van der Waals surface area contributed by atoms with Crippen LogP contribution in [0.5, 0.6) is 5.75 Å². The number of fused-ring (bicyclic) bond motifs is 1. The van der Waals surface area contributed by atoms with Gasteiger partial charge in [-0.2, -0.15) is 0 Å². The lowest BCUT2D eigenvalue weighted by molar-refractivity contribution is 0.309. The number of amidine groups is 1. The molecule has 0 spiro atoms. The molecule has 1 heterocycles. The molecule has 2 aromatic rings. The lowest BCUT2D eigenvalue weighted by atomic mass is 10.1. The van der Waals surface area contributed by atoms with E-state index >= 15 is 0 Å². The Kier molecular flexibility index (Phi) is 7.66. The van der Waals surface area contributed by atoms with Crippen LogP contribution in [0, 0.1) is 0 Å². The highest BCUT2D eigenvalue weighted by molar-refractivity contribution is 7.92. The summed E-state index contributed by atoms with van der Waals surface area (Å²) in [7, 11) is 1.74. The molecule has 7 heteroatoms. The second kappa shape index (κ2) is 9.59. The third kappa shape index (κ3) is 5.48. The van der Waals surface area contributed by atoms with Crippen molar-refractivity contribution in [2.45, 2.75) is 64.5 Å². The van der Waals surface area contributed by atoms with E-state index in [1.807, 2.05) is 60.6 Å². The van der Waals surface area contributed by atoms with Crippen molar-refractivity contribution < 1.29 is 9.29 Å². The second-order valence-electron chi connectivity index (χ2n) is 8.09. The molecule has 0 saturated carbocycles. The second-order valence-corrected chi connectivity index (χ2v) is 10.3. The number of anilines is 1. The average Bonchev–Trinajstić information content (AvgIpc) is 2.67. The van der Waals surface area contributed by atoms with Gasteiger partial charge >= 0.3 is 0 Å². The number of benzene rings is 1. The molecule has 0 aliphatic rings. The molecule has 0 fully saturated rings. The van der Waals surface area contributed by atoms with Crippen LogP contribution in [0.1, 0.15) is 54.9 Å². The van der Waals surface area contributed by atoms with Gasteiger partial charge in [-0.25, -0.2) is 9.97 Å². The van der Waals surface area contributed by atoms with E-state index in [1.165, 1.54) is 11.9 Å². The van der Waals surface area contributed by atoms with Crippen LogP contribution in [-0.4, -0.2) is 38.8 Å². The maximum absolute atomic E-state index is 13.2. The standard InChI is InChI=1S/C22H32N4O2S/c1-9-10-28-18-12-17-16(11-19(18)29(27)22(5,6)7)21(25-13-24-17)26-20(23-8)15(4)14(2)3/h11-13H,9-10H2,1-8H3,(H,23,24,25,26). The zero-order chi connectivity index (χ0) is 21.8. The molecule has 0 amide bonds. The minimum atomic E-state index is -1.26. The lowest BCUT2D eigenvalue weighted by Gasteiger charge is -2.25. The van der Waals surface area contributed by atoms with Crippen LogP contribution in [0.3, 0.4) is 0 Å². The Labute approximate surface area is 177 Å². The molecule has 2 rings (SSSR count). The Morgan fingerprint density at radius 1 is 1.21 bits per heavy atom. The zero-order valence-corrected chi connectivity index (χ0v) is 19.5. The Morgan fingerprint density at radius 3 is 2.45 bits per heavy atom. The molecule has 1 unspecified atom stereocenters. The molecule has 1 atom stereocenters. The zero-order valence-electron chi connectivity index (χ0n) is 18.7. The van der Waals surface area contributed by atoms with Crippen LogP contribution in [0.25, 0.3) is 10.9 Å². The van der Waals surface area contributed by atoms with Crippen LogP contribution >= 0.6 is 0 Å². The van der Waals surface area contributed by atoms with Crippen LogP contribution in [-0.2, 0) is 11.2 Å². The summed E-state index contributed by atoms with van der Waals surface area (Å²) >= 11 is -1.26. The fourth-order valence-electron chi connectivity index (χ4n) is 2.63. The van der Waals surface area contributed by atoms with E-state index < -0.39 is 15.9 Å². The molecule has 6 nitrogen and oxygen atoms in total. The normalized spacial score (nSPS) is 13.3. The Hall–Kier alpha value is -2.12. The van der Waals surface area contributed by atoms with Crippen LogP contribution in [0.2, 0.25) is 0 Å². The van der Waals surface area contributed by atoms with Crippen LogP contribution in [0.15, 0.2) is 39.5 Å². The van der Waals surface area contributed by atoms with Crippen molar-refractivity contribution >= 4 is 33.7 Å². The van der Waals surface area contributed by atoms with Gasteiger partial charge in [-0.1, -0.05) is 12.5 Å². The number of ether oxygens (including phenoxy) is 1. The number of aliphatic imine (C=N–C) groups is 1. The molecule has 1 aromatic carbocycles. The molecule has 0 aliphatic carbocycles. The molecule has 158 valence electrons. The first-order valence-corrected chi connectivity index (χ1v) is 11.0. The van der Waals surface area contributed by atoms with E-state index in [0.717, 1.165) is 28.7 Å². The molecule has 29 heavy (non-hydrogen) atoms. The van der Waals surface area contributed by atoms with Crippen LogP contribution in [0.4, 0.5) is 5.82 Å². The van der Waals surface area contributed by atoms with Gasteiger partial charge in [0.05, 0.1) is 12.1 Å². The molecular weight excluding hydrogens is 384 g/mol. The first kappa shape index (κ1) is 23.2. The average molecular weight is 417 g/mol. The molecule has 0 aliphatic heterocycles. The molecule has 0 radical (unpaired) electrons. The van der Waals surface area contributed by atoms with E-state index in [4.69, 9.17) is 4.74 Å². The van der Waals surface area contributed by atoms with E-state index in [1.54, 1.807) is 7.05 Å². The van der Waals surface area contributed by atoms with Crippen molar-refractivity contribution in [2.24, 2.45) is 4.99 Å². The Morgan fingerprint density at radius 2 is 1.90 bits per heavy atom. The van der Waals surface area contributed by atoms with Gasteiger partial charge in [0.15, 0.2) is 10.6 Å². The van der Waals surface area contributed by atoms with Gasteiger partial charge in [-0.15, -0.1) is 0 Å². The minimum Gasteiger partial charge on any atom is -0.611 e. The number of rotatable bonds is 6. The van der Waals surface area contributed by atoms with Crippen molar-refractivity contribution in [3.8, 4) is 5.75 Å². The smallest absolute Gasteiger partial charge is 0.195 e. The van der Waals surface area contributed by atoms with E-state index in [-0.39, 0.29) is 0 Å². The van der Waals surface area contributed by atoms with Gasteiger partial charge < -0.3 is 14.6 Å². The van der Waals surface area contributed by atoms with Crippen LogP contribution < -0.4 is 10.1 Å². The monoisotopic (exact) mass is 416 g/mol. The van der Waals surface area contributed by atoms with E-state index in [2.05, 4.69) is 20.3 Å². The first-order valence-electron chi connectivity index (χ1n) is 9.81. The predicted octanol–water partition coefficient (Wildman–Crippen LogP) is 5.12. The van der Waals surface area contributed by atoms with Crippen molar-refractivity contribution in [1.29, 1.82) is 0 Å². The Bertz CT molecular complexity index is 928. The summed E-state index contributed by atoms with van der Waals surface area (Å²) in [6, 6.07) is 3.74. The maximum atomic E-state index is 13.2. The number of nitrogens with zero attached hydrogens (tertiary/aromatic N) is 3. The summed E-state index contributed by atoms with van der Waals surface area (Å²) in [6.07, 6.45) is 2.38. The molecule has 0 saturated heterocycles. The van der Waals surface area contributed by atoms with Gasteiger partial charge in [-0.05, 0) is 64.7 Å². The van der Waals surface area contributed by atoms with Gasteiger partial charge in [0.2, 0.25) is 0 Å². The molecular formula is C22H32N4O2S. The van der Waals surface area contributed by atoms with Gasteiger partial charge in [0.25, 0.3) is 0 Å². The predicted molar refractivity (Wildman–Crippen MR) is 123 cm³/mol. The minimum absolute atomic E-state index is 0.421. The number of hydrogen-bond donors (Lipinski definition) is 1. The highest BCUT2D eigenvalue weighted by Crippen LogP contribution is 2.36. The van der Waals surface area contributed by atoms with Crippen molar-refractivity contribution in [3.63, 3.8) is 0 Å².